The molecule has 0 bridgehead atoms. The molecule has 2 rings (SSSR count). The summed E-state index contributed by atoms with van der Waals surface area (Å²) in [5.74, 6) is 0.795. The van der Waals surface area contributed by atoms with Gasteiger partial charge >= 0.3 is 6.03 Å². The number of rotatable bonds is 5. The molecule has 0 aliphatic rings. The predicted octanol–water partition coefficient (Wildman–Crippen LogP) is 3.94. The number of carbonyl (C=O) groups is 1. The number of halogens is 1. The molecular weight excluding hydrogens is 314 g/mol. The van der Waals surface area contributed by atoms with Crippen LogP contribution in [-0.2, 0) is 6.42 Å². The maximum Gasteiger partial charge on any atom is 0.315 e. The van der Waals surface area contributed by atoms with Gasteiger partial charge < -0.3 is 15.2 Å². The Hall–Kier alpha value is -2.01. The van der Waals surface area contributed by atoms with Crippen molar-refractivity contribution in [3.63, 3.8) is 0 Å². The van der Waals surface area contributed by atoms with Crippen molar-refractivity contribution in [3.8, 4) is 0 Å². The van der Waals surface area contributed by atoms with Crippen LogP contribution in [0.4, 0.5) is 4.79 Å². The number of aryl methyl sites for hydroxylation is 2. The maximum atomic E-state index is 12.1. The fourth-order valence-corrected chi connectivity index (χ4v) is 2.67. The summed E-state index contributed by atoms with van der Waals surface area (Å²) in [6.07, 6.45) is 0.681. The molecule has 0 aliphatic heterocycles. The second kappa shape index (κ2) is 7.51. The Morgan fingerprint density at radius 2 is 2.04 bits per heavy atom. The van der Waals surface area contributed by atoms with Crippen LogP contribution in [0.25, 0.3) is 0 Å². The lowest BCUT2D eigenvalue weighted by Gasteiger charge is -2.18. The first-order valence-corrected chi connectivity index (χ1v) is 7.99. The van der Waals surface area contributed by atoms with E-state index in [1.165, 1.54) is 0 Å². The maximum absolute atomic E-state index is 12.1. The van der Waals surface area contributed by atoms with Crippen LogP contribution in [0.2, 0.25) is 5.02 Å². The second-order valence-corrected chi connectivity index (χ2v) is 6.24. The molecule has 0 unspecified atom stereocenters. The van der Waals surface area contributed by atoms with E-state index in [1.807, 2.05) is 52.0 Å². The molecule has 6 heteroatoms. The van der Waals surface area contributed by atoms with Crippen molar-refractivity contribution >= 4 is 17.6 Å². The van der Waals surface area contributed by atoms with E-state index >= 15 is 0 Å². The molecule has 2 amide bonds. The highest BCUT2D eigenvalue weighted by Crippen LogP contribution is 2.17. The number of nitrogens with zero attached hydrogens (tertiary/aromatic N) is 1. The molecule has 0 aliphatic carbocycles. The van der Waals surface area contributed by atoms with Crippen molar-refractivity contribution < 1.29 is 9.32 Å². The zero-order chi connectivity index (χ0) is 17.0. The Bertz CT molecular complexity index is 665. The number of hydrogen-bond acceptors (Lipinski definition) is 3. The van der Waals surface area contributed by atoms with Crippen molar-refractivity contribution in [2.75, 3.05) is 0 Å². The van der Waals surface area contributed by atoms with Crippen molar-refractivity contribution in [3.05, 3.63) is 51.9 Å². The van der Waals surface area contributed by atoms with Crippen LogP contribution in [0, 0.1) is 13.8 Å². The van der Waals surface area contributed by atoms with Crippen LogP contribution in [0.15, 0.2) is 28.8 Å². The topological polar surface area (TPSA) is 67.2 Å². The number of benzene rings is 1. The van der Waals surface area contributed by atoms with Gasteiger partial charge in [0, 0.05) is 16.6 Å². The average molecular weight is 336 g/mol. The molecule has 0 saturated carbocycles. The lowest BCUT2D eigenvalue weighted by Crippen LogP contribution is -2.42. The average Bonchev–Trinajstić information content (AvgIpc) is 2.78. The van der Waals surface area contributed by atoms with Crippen LogP contribution in [-0.4, -0.2) is 17.2 Å². The molecule has 2 aromatic rings. The van der Waals surface area contributed by atoms with Crippen LogP contribution < -0.4 is 10.6 Å². The van der Waals surface area contributed by atoms with Gasteiger partial charge in [0.2, 0.25) is 0 Å². The van der Waals surface area contributed by atoms with E-state index in [-0.39, 0.29) is 18.1 Å². The van der Waals surface area contributed by atoms with Gasteiger partial charge in [-0.1, -0.05) is 28.9 Å². The molecule has 23 heavy (non-hydrogen) atoms. The number of amides is 2. The van der Waals surface area contributed by atoms with Gasteiger partial charge in [-0.05, 0) is 51.8 Å². The smallest absolute Gasteiger partial charge is 0.315 e. The van der Waals surface area contributed by atoms with Crippen molar-refractivity contribution in [2.45, 2.75) is 46.2 Å². The molecule has 2 N–H and O–H groups in total. The lowest BCUT2D eigenvalue weighted by molar-refractivity contribution is 0.234. The molecule has 0 saturated heterocycles. The zero-order valence-electron chi connectivity index (χ0n) is 13.8. The van der Waals surface area contributed by atoms with Gasteiger partial charge in [-0.2, -0.15) is 0 Å². The number of hydrogen-bond donors (Lipinski definition) is 2. The summed E-state index contributed by atoms with van der Waals surface area (Å²) >= 11 is 5.98. The van der Waals surface area contributed by atoms with E-state index < -0.39 is 0 Å². The Kier molecular flexibility index (Phi) is 5.66. The normalized spacial score (nSPS) is 13.4. The first-order chi connectivity index (χ1) is 10.9. The van der Waals surface area contributed by atoms with E-state index in [0.29, 0.717) is 11.4 Å². The predicted molar refractivity (Wildman–Crippen MR) is 90.7 cm³/mol. The first-order valence-electron chi connectivity index (χ1n) is 7.61. The molecule has 124 valence electrons. The number of nitrogens with one attached hydrogen (secondary N) is 2. The largest absolute Gasteiger partial charge is 0.361 e. The van der Waals surface area contributed by atoms with E-state index in [4.69, 9.17) is 16.1 Å². The Labute approximate surface area is 141 Å². The molecule has 0 radical (unpaired) electrons. The fraction of sp³-hybridized carbons (Fsp3) is 0.412. The van der Waals surface area contributed by atoms with Crippen molar-refractivity contribution in [2.24, 2.45) is 0 Å². The van der Waals surface area contributed by atoms with Gasteiger partial charge in [0.05, 0.1) is 11.7 Å². The Morgan fingerprint density at radius 1 is 1.30 bits per heavy atom. The summed E-state index contributed by atoms with van der Waals surface area (Å²) < 4.78 is 5.14. The number of aromatic nitrogens is 1. The van der Waals surface area contributed by atoms with Gasteiger partial charge in [-0.15, -0.1) is 0 Å². The van der Waals surface area contributed by atoms with Crippen LogP contribution in [0.3, 0.4) is 0 Å². The summed E-state index contributed by atoms with van der Waals surface area (Å²) in [5.41, 5.74) is 2.87. The highest BCUT2D eigenvalue weighted by Gasteiger charge is 2.16. The van der Waals surface area contributed by atoms with E-state index in [0.717, 1.165) is 22.6 Å². The van der Waals surface area contributed by atoms with Gasteiger partial charge in [0.15, 0.2) is 0 Å². The monoisotopic (exact) mass is 335 g/mol. The molecule has 1 aromatic carbocycles. The van der Waals surface area contributed by atoms with Gasteiger partial charge in [0.1, 0.15) is 5.76 Å². The molecule has 0 fully saturated rings. The number of carbonyl (C=O) groups excluding carboxylic acids is 1. The van der Waals surface area contributed by atoms with E-state index in [2.05, 4.69) is 15.8 Å². The van der Waals surface area contributed by atoms with Gasteiger partial charge in [0.25, 0.3) is 0 Å². The minimum atomic E-state index is -0.211. The zero-order valence-corrected chi connectivity index (χ0v) is 14.6. The highest BCUT2D eigenvalue weighted by atomic mass is 35.5. The van der Waals surface area contributed by atoms with Crippen molar-refractivity contribution in [1.29, 1.82) is 0 Å². The molecule has 0 spiro atoms. The third kappa shape index (κ3) is 4.73. The summed E-state index contributed by atoms with van der Waals surface area (Å²) in [6.45, 7) is 7.66. The summed E-state index contributed by atoms with van der Waals surface area (Å²) in [6, 6.07) is 7.09. The fourth-order valence-electron chi connectivity index (χ4n) is 2.47. The molecule has 5 nitrogen and oxygen atoms in total. The Morgan fingerprint density at radius 3 is 2.65 bits per heavy atom. The van der Waals surface area contributed by atoms with E-state index in [1.54, 1.807) is 0 Å². The van der Waals surface area contributed by atoms with E-state index in [9.17, 15) is 4.79 Å². The minimum Gasteiger partial charge on any atom is -0.361 e. The van der Waals surface area contributed by atoms with Crippen LogP contribution in [0.1, 0.15) is 42.5 Å². The quantitative estimate of drug-likeness (QED) is 0.869. The third-order valence-electron chi connectivity index (χ3n) is 3.77. The minimum absolute atomic E-state index is 0.0293. The first kappa shape index (κ1) is 17.3. The highest BCUT2D eigenvalue weighted by molar-refractivity contribution is 6.30. The molecule has 2 atom stereocenters. The molecular formula is C17H22ClN3O2. The SMILES string of the molecule is Cc1noc(C)c1C[C@H](C)NC(=O)N[C@H](C)c1cccc(Cl)c1. The standard InChI is InChI=1S/C17H22ClN3O2/c1-10(8-16-12(3)21-23-13(16)4)19-17(22)20-11(2)14-6-5-7-15(18)9-14/h5-7,9-11H,8H2,1-4H3,(H2,19,20,22)/t10-,11+/m0/s1. The van der Waals surface area contributed by atoms with Gasteiger partial charge in [-0.3, -0.25) is 0 Å². The number of urea groups is 1. The summed E-state index contributed by atoms with van der Waals surface area (Å²) in [5, 5.41) is 10.4. The summed E-state index contributed by atoms with van der Waals surface area (Å²) in [4.78, 5) is 12.1. The van der Waals surface area contributed by atoms with Gasteiger partial charge in [-0.25, -0.2) is 4.79 Å². The van der Waals surface area contributed by atoms with Crippen LogP contribution in [0.5, 0.6) is 0 Å². The molecule has 1 aromatic heterocycles. The molecule has 1 heterocycles. The Balaban J connectivity index is 1.89. The van der Waals surface area contributed by atoms with Crippen LogP contribution >= 0.6 is 11.6 Å². The lowest BCUT2D eigenvalue weighted by atomic mass is 10.1. The second-order valence-electron chi connectivity index (χ2n) is 5.80. The van der Waals surface area contributed by atoms with Crippen molar-refractivity contribution in [1.82, 2.24) is 15.8 Å². The third-order valence-corrected chi connectivity index (χ3v) is 4.00. The summed E-state index contributed by atoms with van der Waals surface area (Å²) in [7, 11) is 0.